The number of quaternary nitrogens is 1. The first-order chi connectivity index (χ1) is 14.5. The highest BCUT2D eigenvalue weighted by molar-refractivity contribution is 5.95. The second-order valence-electron chi connectivity index (χ2n) is 7.10. The van der Waals surface area contributed by atoms with Gasteiger partial charge in [0.15, 0.2) is 0 Å². The van der Waals surface area contributed by atoms with Crippen molar-refractivity contribution in [2.24, 2.45) is 0 Å². The Morgan fingerprint density at radius 3 is 2.40 bits per heavy atom. The Bertz CT molecular complexity index is 920. The Morgan fingerprint density at radius 1 is 1.07 bits per heavy atom. The lowest BCUT2D eigenvalue weighted by Gasteiger charge is -2.28. The van der Waals surface area contributed by atoms with Gasteiger partial charge in [0.2, 0.25) is 0 Å². The normalized spacial score (nSPS) is 16.0. The molecule has 0 radical (unpaired) electrons. The number of ether oxygens (including phenoxy) is 2. The maximum absolute atomic E-state index is 12.8. The van der Waals surface area contributed by atoms with Gasteiger partial charge in [-0.2, -0.15) is 0 Å². The quantitative estimate of drug-likeness (QED) is 0.580. The zero-order valence-electron chi connectivity index (χ0n) is 17.5. The van der Waals surface area contributed by atoms with Crippen LogP contribution in [-0.2, 0) is 16.1 Å². The van der Waals surface area contributed by atoms with Crippen molar-refractivity contribution in [3.8, 4) is 5.75 Å². The van der Waals surface area contributed by atoms with Crippen LogP contribution in [-0.4, -0.2) is 32.3 Å². The zero-order valence-corrected chi connectivity index (χ0v) is 17.5. The fraction of sp³-hybridized carbons (Fsp3) is 0.304. The van der Waals surface area contributed by atoms with E-state index in [1.165, 1.54) is 11.1 Å². The Hall–Kier alpha value is -3.32. The minimum Gasteiger partial charge on any atom is -0.497 e. The molecule has 158 valence electrons. The van der Waals surface area contributed by atoms with E-state index in [-0.39, 0.29) is 12.6 Å². The minimum atomic E-state index is -0.591. The van der Waals surface area contributed by atoms with Crippen molar-refractivity contribution in [2.75, 3.05) is 20.3 Å². The molecule has 0 unspecified atom stereocenters. The summed E-state index contributed by atoms with van der Waals surface area (Å²) in [4.78, 5) is 25.1. The Kier molecular flexibility index (Phi) is 7.08. The maximum Gasteiger partial charge on any atom is 0.338 e. The number of nitrogens with one attached hydrogen (secondary N) is 2. The number of methoxy groups -OCH3 is 1. The molecule has 7 heteroatoms. The molecular formula is C23H28N3O4+. The number of amides is 2. The third kappa shape index (κ3) is 5.18. The van der Waals surface area contributed by atoms with Crippen LogP contribution in [0.4, 0.5) is 4.79 Å². The van der Waals surface area contributed by atoms with Crippen molar-refractivity contribution in [1.82, 2.24) is 10.6 Å². The fourth-order valence-electron chi connectivity index (χ4n) is 3.38. The molecule has 1 aliphatic heterocycles. The van der Waals surface area contributed by atoms with Crippen LogP contribution in [0.1, 0.15) is 29.7 Å². The lowest BCUT2D eigenvalue weighted by molar-refractivity contribution is -0.664. The van der Waals surface area contributed by atoms with Crippen LogP contribution in [0.15, 0.2) is 59.8 Å². The number of urea groups is 1. The topological polar surface area (TPSA) is 93.3 Å². The van der Waals surface area contributed by atoms with Crippen LogP contribution in [0, 0.1) is 6.92 Å². The van der Waals surface area contributed by atoms with Crippen molar-refractivity contribution in [2.45, 2.75) is 26.4 Å². The van der Waals surface area contributed by atoms with Gasteiger partial charge in [-0.1, -0.05) is 42.0 Å². The summed E-state index contributed by atoms with van der Waals surface area (Å²) >= 11 is 0. The molecule has 0 aromatic heterocycles. The second-order valence-corrected chi connectivity index (χ2v) is 7.10. The smallest absolute Gasteiger partial charge is 0.338 e. The molecule has 2 amide bonds. The number of carbonyl (C=O) groups is 2. The number of carbonyl (C=O) groups excluding carboxylic acids is 2. The van der Waals surface area contributed by atoms with Gasteiger partial charge in [-0.15, -0.1) is 0 Å². The largest absolute Gasteiger partial charge is 0.497 e. The summed E-state index contributed by atoms with van der Waals surface area (Å²) in [5, 5.41) is 7.69. The highest BCUT2D eigenvalue weighted by atomic mass is 16.5. The summed E-state index contributed by atoms with van der Waals surface area (Å²) in [7, 11) is 1.59. The van der Waals surface area contributed by atoms with Crippen LogP contribution in [0.25, 0.3) is 0 Å². The minimum absolute atomic E-state index is 0.256. The van der Waals surface area contributed by atoms with Crippen molar-refractivity contribution >= 4 is 12.0 Å². The summed E-state index contributed by atoms with van der Waals surface area (Å²) in [6.45, 7) is 5.25. The van der Waals surface area contributed by atoms with Crippen LogP contribution < -0.4 is 20.7 Å². The van der Waals surface area contributed by atoms with Gasteiger partial charge in [-0.3, -0.25) is 0 Å². The number of nitrogens with two attached hydrogens (primary N) is 1. The van der Waals surface area contributed by atoms with Gasteiger partial charge in [0, 0.05) is 5.56 Å². The monoisotopic (exact) mass is 410 g/mol. The molecule has 0 saturated heterocycles. The van der Waals surface area contributed by atoms with Gasteiger partial charge in [0.1, 0.15) is 18.8 Å². The molecule has 1 aliphatic rings. The average Bonchev–Trinajstić information content (AvgIpc) is 2.75. The van der Waals surface area contributed by atoms with E-state index in [1.807, 2.05) is 19.1 Å². The zero-order chi connectivity index (χ0) is 21.5. The predicted octanol–water partition coefficient (Wildman–Crippen LogP) is 1.94. The number of rotatable bonds is 8. The summed E-state index contributed by atoms with van der Waals surface area (Å²) in [5.74, 6) is 0.261. The maximum atomic E-state index is 12.8. The van der Waals surface area contributed by atoms with Crippen LogP contribution in [0.5, 0.6) is 5.75 Å². The molecule has 0 aliphatic carbocycles. The van der Waals surface area contributed by atoms with E-state index in [0.29, 0.717) is 23.6 Å². The molecule has 0 fully saturated rings. The number of benzene rings is 2. The molecule has 0 saturated carbocycles. The third-order valence-corrected chi connectivity index (χ3v) is 4.95. The summed E-state index contributed by atoms with van der Waals surface area (Å²) < 4.78 is 10.5. The van der Waals surface area contributed by atoms with Crippen LogP contribution in [0.3, 0.4) is 0 Å². The summed E-state index contributed by atoms with van der Waals surface area (Å²) in [6.07, 6.45) is 0. The molecule has 4 N–H and O–H groups in total. The Balaban J connectivity index is 1.86. The van der Waals surface area contributed by atoms with Crippen molar-refractivity contribution in [3.63, 3.8) is 0 Å². The second kappa shape index (κ2) is 9.93. The first-order valence-electron chi connectivity index (χ1n) is 10.0. The van der Waals surface area contributed by atoms with Crippen molar-refractivity contribution < 1.29 is 24.4 Å². The molecule has 3 rings (SSSR count). The highest BCUT2D eigenvalue weighted by Gasteiger charge is 2.34. The fourth-order valence-corrected chi connectivity index (χ4v) is 3.38. The van der Waals surface area contributed by atoms with Crippen LogP contribution in [0.2, 0.25) is 0 Å². The van der Waals surface area contributed by atoms with E-state index >= 15 is 0 Å². The third-order valence-electron chi connectivity index (χ3n) is 4.95. The predicted molar refractivity (Wildman–Crippen MR) is 113 cm³/mol. The highest BCUT2D eigenvalue weighted by Crippen LogP contribution is 2.28. The van der Waals surface area contributed by atoms with Gasteiger partial charge in [-0.25, -0.2) is 9.59 Å². The molecule has 7 nitrogen and oxygen atoms in total. The van der Waals surface area contributed by atoms with Crippen molar-refractivity contribution in [1.29, 1.82) is 0 Å². The van der Waals surface area contributed by atoms with Gasteiger partial charge in [0.05, 0.1) is 31.0 Å². The van der Waals surface area contributed by atoms with Crippen molar-refractivity contribution in [3.05, 3.63) is 76.5 Å². The van der Waals surface area contributed by atoms with E-state index in [9.17, 15) is 9.59 Å². The number of hydrogen-bond acceptors (Lipinski definition) is 4. The number of esters is 1. The Labute approximate surface area is 176 Å². The molecule has 2 aromatic rings. The molecule has 2 aromatic carbocycles. The average molecular weight is 410 g/mol. The van der Waals surface area contributed by atoms with Crippen LogP contribution >= 0.6 is 0 Å². The molecule has 0 bridgehead atoms. The van der Waals surface area contributed by atoms with Gasteiger partial charge < -0.3 is 25.4 Å². The molecule has 1 heterocycles. The lowest BCUT2D eigenvalue weighted by Crippen LogP contribution is -2.84. The molecule has 30 heavy (non-hydrogen) atoms. The van der Waals surface area contributed by atoms with Gasteiger partial charge >= 0.3 is 12.0 Å². The first-order valence-corrected chi connectivity index (χ1v) is 10.0. The summed E-state index contributed by atoms with van der Waals surface area (Å²) in [6, 6.07) is 14.6. The van der Waals surface area contributed by atoms with E-state index in [2.05, 4.69) is 40.2 Å². The number of hydrogen-bond donors (Lipinski definition) is 3. The SMILES string of the molecule is CCOC(=O)C1=C(C[NH2+]Cc2ccc(C)cc2)NC(=O)N[C@H]1c1ccc(OC)cc1. The van der Waals surface area contributed by atoms with E-state index < -0.39 is 12.0 Å². The van der Waals surface area contributed by atoms with E-state index in [4.69, 9.17) is 9.47 Å². The molecule has 1 atom stereocenters. The van der Waals surface area contributed by atoms with E-state index in [0.717, 1.165) is 12.1 Å². The number of aryl methyl sites for hydroxylation is 1. The molecule has 0 spiro atoms. The standard InChI is InChI=1S/C23H27N3O4/c1-4-30-22(27)20-19(14-24-13-16-7-5-15(2)6-8-16)25-23(28)26-21(20)17-9-11-18(29-3)12-10-17/h5-12,21,24H,4,13-14H2,1-3H3,(H2,25,26,28)/p+1/t21-/m0/s1. The lowest BCUT2D eigenvalue weighted by atomic mass is 9.95. The first kappa shape index (κ1) is 21.4. The summed E-state index contributed by atoms with van der Waals surface area (Å²) in [5.41, 5.74) is 4.14. The van der Waals surface area contributed by atoms with Gasteiger partial charge in [-0.05, 0) is 31.5 Å². The molecular weight excluding hydrogens is 382 g/mol. The van der Waals surface area contributed by atoms with Gasteiger partial charge in [0.25, 0.3) is 0 Å². The Morgan fingerprint density at radius 2 is 1.77 bits per heavy atom. The van der Waals surface area contributed by atoms with E-state index in [1.54, 1.807) is 26.2 Å².